The van der Waals surface area contributed by atoms with Crippen molar-refractivity contribution in [2.75, 3.05) is 13.7 Å². The number of hydrogen-bond acceptors (Lipinski definition) is 2. The molecule has 1 atom stereocenters. The first kappa shape index (κ1) is 13.9. The van der Waals surface area contributed by atoms with E-state index in [0.29, 0.717) is 6.04 Å². The van der Waals surface area contributed by atoms with Crippen molar-refractivity contribution in [1.82, 2.24) is 5.32 Å². The summed E-state index contributed by atoms with van der Waals surface area (Å²) in [4.78, 5) is 0. The van der Waals surface area contributed by atoms with Gasteiger partial charge in [0.15, 0.2) is 0 Å². The summed E-state index contributed by atoms with van der Waals surface area (Å²) in [6.45, 7) is 3.12. The molecule has 0 saturated heterocycles. The van der Waals surface area contributed by atoms with Gasteiger partial charge in [-0.1, -0.05) is 30.7 Å². The van der Waals surface area contributed by atoms with E-state index in [0.717, 1.165) is 18.0 Å². The minimum atomic E-state index is 0.0754. The van der Waals surface area contributed by atoms with Crippen molar-refractivity contribution in [3.63, 3.8) is 0 Å². The third-order valence-electron chi connectivity index (χ3n) is 4.03. The molecule has 0 amide bonds. The van der Waals surface area contributed by atoms with Gasteiger partial charge in [0.25, 0.3) is 0 Å². The number of rotatable bonds is 6. The molecule has 1 fully saturated rings. The zero-order valence-electron chi connectivity index (χ0n) is 11.2. The molecule has 1 aliphatic rings. The quantitative estimate of drug-likeness (QED) is 0.843. The zero-order chi connectivity index (χ0) is 13.0. The van der Waals surface area contributed by atoms with E-state index in [9.17, 15) is 0 Å². The Morgan fingerprint density at radius 2 is 2.22 bits per heavy atom. The van der Waals surface area contributed by atoms with Crippen LogP contribution in [-0.2, 0) is 4.74 Å². The van der Waals surface area contributed by atoms with E-state index in [2.05, 4.69) is 18.3 Å². The highest BCUT2D eigenvalue weighted by Gasteiger charge is 2.37. The summed E-state index contributed by atoms with van der Waals surface area (Å²) in [5.74, 6) is 0. The number of benzene rings is 1. The summed E-state index contributed by atoms with van der Waals surface area (Å²) in [6, 6.07) is 8.46. The van der Waals surface area contributed by atoms with Crippen LogP contribution in [0.25, 0.3) is 0 Å². The van der Waals surface area contributed by atoms with E-state index < -0.39 is 0 Å². The molecule has 2 nitrogen and oxygen atoms in total. The SMILES string of the molecule is CCC(NCC1(OC)CCC1)c1cccc(Cl)c1. The summed E-state index contributed by atoms with van der Waals surface area (Å²) in [7, 11) is 1.82. The largest absolute Gasteiger partial charge is 0.377 e. The summed E-state index contributed by atoms with van der Waals surface area (Å²) in [5, 5.41) is 4.43. The van der Waals surface area contributed by atoms with Gasteiger partial charge in [0.05, 0.1) is 5.60 Å². The molecule has 2 rings (SSSR count). The first-order valence-electron chi connectivity index (χ1n) is 6.73. The van der Waals surface area contributed by atoms with Crippen LogP contribution in [-0.4, -0.2) is 19.3 Å². The van der Waals surface area contributed by atoms with Gasteiger partial charge in [0, 0.05) is 24.7 Å². The fourth-order valence-electron chi connectivity index (χ4n) is 2.55. The van der Waals surface area contributed by atoms with E-state index in [4.69, 9.17) is 16.3 Å². The Morgan fingerprint density at radius 1 is 1.44 bits per heavy atom. The fraction of sp³-hybridized carbons (Fsp3) is 0.600. The standard InChI is InChI=1S/C15H22ClNO/c1-3-14(12-6-4-7-13(16)10-12)17-11-15(18-2)8-5-9-15/h4,6-7,10,14,17H,3,5,8-9,11H2,1-2H3. The van der Waals surface area contributed by atoms with Gasteiger partial charge in [-0.05, 0) is 43.4 Å². The van der Waals surface area contributed by atoms with Crippen molar-refractivity contribution < 1.29 is 4.74 Å². The Hall–Kier alpha value is -0.570. The Bertz CT molecular complexity index is 384. The Labute approximate surface area is 115 Å². The van der Waals surface area contributed by atoms with E-state index in [1.807, 2.05) is 25.3 Å². The van der Waals surface area contributed by atoms with Crippen LogP contribution in [0.15, 0.2) is 24.3 Å². The van der Waals surface area contributed by atoms with Crippen molar-refractivity contribution >= 4 is 11.6 Å². The topological polar surface area (TPSA) is 21.3 Å². The van der Waals surface area contributed by atoms with Gasteiger partial charge in [-0.25, -0.2) is 0 Å². The number of hydrogen-bond donors (Lipinski definition) is 1. The lowest BCUT2D eigenvalue weighted by Gasteiger charge is -2.41. The maximum atomic E-state index is 6.05. The van der Waals surface area contributed by atoms with Gasteiger partial charge in [0.2, 0.25) is 0 Å². The molecule has 1 aromatic rings. The molecule has 1 saturated carbocycles. The van der Waals surface area contributed by atoms with Crippen LogP contribution < -0.4 is 5.32 Å². The molecule has 1 aliphatic carbocycles. The average molecular weight is 268 g/mol. The Kier molecular flexibility index (Phi) is 4.66. The Balaban J connectivity index is 1.97. The molecule has 0 radical (unpaired) electrons. The van der Waals surface area contributed by atoms with Crippen molar-refractivity contribution in [2.24, 2.45) is 0 Å². The molecule has 0 spiro atoms. The van der Waals surface area contributed by atoms with Crippen LogP contribution in [0.4, 0.5) is 0 Å². The van der Waals surface area contributed by atoms with Gasteiger partial charge in [-0.3, -0.25) is 0 Å². The summed E-state index contributed by atoms with van der Waals surface area (Å²) >= 11 is 6.05. The highest BCUT2D eigenvalue weighted by Crippen LogP contribution is 2.35. The van der Waals surface area contributed by atoms with E-state index in [-0.39, 0.29) is 5.60 Å². The van der Waals surface area contributed by atoms with E-state index >= 15 is 0 Å². The second-order valence-corrected chi connectivity index (χ2v) is 5.57. The van der Waals surface area contributed by atoms with Gasteiger partial charge in [0.1, 0.15) is 0 Å². The second kappa shape index (κ2) is 6.05. The van der Waals surface area contributed by atoms with E-state index in [1.165, 1.54) is 24.8 Å². The maximum absolute atomic E-state index is 6.05. The minimum absolute atomic E-state index is 0.0754. The molecule has 1 unspecified atom stereocenters. The molecule has 100 valence electrons. The van der Waals surface area contributed by atoms with Crippen molar-refractivity contribution in [2.45, 2.75) is 44.2 Å². The molecule has 3 heteroatoms. The lowest BCUT2D eigenvalue weighted by atomic mass is 9.79. The van der Waals surface area contributed by atoms with Crippen LogP contribution in [0.5, 0.6) is 0 Å². The predicted molar refractivity (Wildman–Crippen MR) is 76.1 cm³/mol. The zero-order valence-corrected chi connectivity index (χ0v) is 12.0. The van der Waals surface area contributed by atoms with E-state index in [1.54, 1.807) is 0 Å². The maximum Gasteiger partial charge on any atom is 0.0802 e. The molecule has 18 heavy (non-hydrogen) atoms. The highest BCUT2D eigenvalue weighted by molar-refractivity contribution is 6.30. The molecular formula is C15H22ClNO. The summed E-state index contributed by atoms with van der Waals surface area (Å²) in [5.41, 5.74) is 1.34. The fourth-order valence-corrected chi connectivity index (χ4v) is 2.75. The number of halogens is 1. The number of methoxy groups -OCH3 is 1. The molecule has 1 N–H and O–H groups in total. The van der Waals surface area contributed by atoms with Crippen molar-refractivity contribution in [3.05, 3.63) is 34.9 Å². The van der Waals surface area contributed by atoms with Crippen LogP contribution in [0.2, 0.25) is 5.02 Å². The van der Waals surface area contributed by atoms with Crippen LogP contribution in [0, 0.1) is 0 Å². The predicted octanol–water partition coefficient (Wildman–Crippen LogP) is 3.95. The average Bonchev–Trinajstić information content (AvgIpc) is 2.33. The first-order valence-corrected chi connectivity index (χ1v) is 7.11. The molecule has 0 aromatic heterocycles. The molecular weight excluding hydrogens is 246 g/mol. The van der Waals surface area contributed by atoms with Gasteiger partial charge >= 0.3 is 0 Å². The molecule has 0 bridgehead atoms. The van der Waals surface area contributed by atoms with Crippen LogP contribution in [0.1, 0.15) is 44.2 Å². The smallest absolute Gasteiger partial charge is 0.0802 e. The van der Waals surface area contributed by atoms with Gasteiger partial charge < -0.3 is 10.1 Å². The highest BCUT2D eigenvalue weighted by atomic mass is 35.5. The number of nitrogens with one attached hydrogen (secondary N) is 1. The van der Waals surface area contributed by atoms with Gasteiger partial charge in [-0.15, -0.1) is 0 Å². The summed E-state index contributed by atoms with van der Waals surface area (Å²) < 4.78 is 5.64. The summed E-state index contributed by atoms with van der Waals surface area (Å²) in [6.07, 6.45) is 4.68. The lowest BCUT2D eigenvalue weighted by Crippen LogP contribution is -2.48. The normalized spacial score (nSPS) is 19.3. The lowest BCUT2D eigenvalue weighted by molar-refractivity contribution is -0.0709. The minimum Gasteiger partial charge on any atom is -0.377 e. The van der Waals surface area contributed by atoms with Crippen LogP contribution >= 0.6 is 11.6 Å². The molecule has 0 aliphatic heterocycles. The van der Waals surface area contributed by atoms with Crippen molar-refractivity contribution in [3.8, 4) is 0 Å². The van der Waals surface area contributed by atoms with Crippen LogP contribution in [0.3, 0.4) is 0 Å². The number of ether oxygens (including phenoxy) is 1. The third-order valence-corrected chi connectivity index (χ3v) is 4.26. The van der Waals surface area contributed by atoms with Gasteiger partial charge in [-0.2, -0.15) is 0 Å². The monoisotopic (exact) mass is 267 g/mol. The Morgan fingerprint density at radius 3 is 2.72 bits per heavy atom. The first-order chi connectivity index (χ1) is 8.69. The third kappa shape index (κ3) is 3.05. The van der Waals surface area contributed by atoms with Crippen molar-refractivity contribution in [1.29, 1.82) is 0 Å². The second-order valence-electron chi connectivity index (χ2n) is 5.14. The molecule has 1 aromatic carbocycles. The molecule has 0 heterocycles.